The quantitative estimate of drug-likeness (QED) is 0.879. The average Bonchev–Trinajstić information content (AvgIpc) is 2.96. The Labute approximate surface area is 120 Å². The molecule has 0 aliphatic heterocycles. The first-order valence-corrected chi connectivity index (χ1v) is 6.73. The number of carbonyl (C=O) groups is 1. The third kappa shape index (κ3) is 3.06. The Morgan fingerprint density at radius 2 is 2.20 bits per heavy atom. The maximum atomic E-state index is 12.1. The Morgan fingerprint density at radius 3 is 2.80 bits per heavy atom. The van der Waals surface area contributed by atoms with Gasteiger partial charge in [0.25, 0.3) is 5.91 Å². The van der Waals surface area contributed by atoms with Gasteiger partial charge in [0.2, 0.25) is 0 Å². The van der Waals surface area contributed by atoms with Crippen LogP contribution in [0.3, 0.4) is 0 Å². The molecule has 20 heavy (non-hydrogen) atoms. The third-order valence-corrected chi connectivity index (χ3v) is 3.49. The number of amides is 1. The number of nitrogens with two attached hydrogens (primary N) is 1. The monoisotopic (exact) mass is 293 g/mol. The Morgan fingerprint density at radius 1 is 1.40 bits per heavy atom. The minimum absolute atomic E-state index is 0.301. The zero-order chi connectivity index (χ0) is 14.5. The van der Waals surface area contributed by atoms with E-state index in [4.69, 9.17) is 15.2 Å². The number of nitrogens with one attached hydrogen (secondary N) is 1. The lowest BCUT2D eigenvalue weighted by Gasteiger charge is -2.10. The second-order valence-electron chi connectivity index (χ2n) is 3.85. The van der Waals surface area contributed by atoms with Crippen molar-refractivity contribution in [3.05, 3.63) is 34.3 Å². The van der Waals surface area contributed by atoms with Gasteiger partial charge in [0.15, 0.2) is 0 Å². The summed E-state index contributed by atoms with van der Waals surface area (Å²) in [6, 6.07) is 5.15. The van der Waals surface area contributed by atoms with Gasteiger partial charge in [-0.15, -0.1) is 11.3 Å². The minimum Gasteiger partial charge on any atom is -0.497 e. The molecule has 1 amide bonds. The van der Waals surface area contributed by atoms with Crippen LogP contribution in [0.2, 0.25) is 0 Å². The average molecular weight is 293 g/mol. The number of aromatic nitrogens is 1. The van der Waals surface area contributed by atoms with Gasteiger partial charge in [0.1, 0.15) is 22.2 Å². The molecule has 0 spiro atoms. The van der Waals surface area contributed by atoms with Gasteiger partial charge in [-0.2, -0.15) is 0 Å². The van der Waals surface area contributed by atoms with Crippen molar-refractivity contribution in [3.8, 4) is 11.5 Å². The molecule has 1 heterocycles. The SMILES string of the molecule is COc1ccc(NC(=O)c2csc(CN)n2)c(OC)c1. The molecule has 2 aromatic rings. The van der Waals surface area contributed by atoms with Crippen LogP contribution in [0.1, 0.15) is 15.5 Å². The van der Waals surface area contributed by atoms with Crippen molar-refractivity contribution in [1.82, 2.24) is 4.98 Å². The minimum atomic E-state index is -0.301. The van der Waals surface area contributed by atoms with Crippen molar-refractivity contribution >= 4 is 22.9 Å². The van der Waals surface area contributed by atoms with E-state index >= 15 is 0 Å². The van der Waals surface area contributed by atoms with Crippen LogP contribution in [-0.4, -0.2) is 25.1 Å². The van der Waals surface area contributed by atoms with Gasteiger partial charge in [0, 0.05) is 18.0 Å². The number of nitrogens with zero attached hydrogens (tertiary/aromatic N) is 1. The molecule has 1 aromatic carbocycles. The maximum Gasteiger partial charge on any atom is 0.275 e. The lowest BCUT2D eigenvalue weighted by Crippen LogP contribution is -2.13. The summed E-state index contributed by atoms with van der Waals surface area (Å²) in [5.74, 6) is 0.871. The highest BCUT2D eigenvalue weighted by atomic mass is 32.1. The van der Waals surface area contributed by atoms with Crippen molar-refractivity contribution in [2.45, 2.75) is 6.54 Å². The van der Waals surface area contributed by atoms with Gasteiger partial charge in [-0.25, -0.2) is 4.98 Å². The number of thiazole rings is 1. The lowest BCUT2D eigenvalue weighted by atomic mass is 10.2. The number of hydrogen-bond donors (Lipinski definition) is 2. The van der Waals surface area contributed by atoms with Gasteiger partial charge in [0.05, 0.1) is 19.9 Å². The number of ether oxygens (including phenoxy) is 2. The first-order chi connectivity index (χ1) is 9.67. The van der Waals surface area contributed by atoms with E-state index in [2.05, 4.69) is 10.3 Å². The third-order valence-electron chi connectivity index (χ3n) is 2.62. The summed E-state index contributed by atoms with van der Waals surface area (Å²) >= 11 is 1.36. The fourth-order valence-electron chi connectivity index (χ4n) is 1.60. The molecule has 0 fully saturated rings. The summed E-state index contributed by atoms with van der Waals surface area (Å²) < 4.78 is 10.3. The molecule has 0 aliphatic rings. The van der Waals surface area contributed by atoms with Crippen molar-refractivity contribution in [2.75, 3.05) is 19.5 Å². The van der Waals surface area contributed by atoms with Gasteiger partial charge >= 0.3 is 0 Å². The molecule has 0 atom stereocenters. The molecule has 0 aliphatic carbocycles. The van der Waals surface area contributed by atoms with Gasteiger partial charge in [-0.1, -0.05) is 0 Å². The van der Waals surface area contributed by atoms with E-state index in [-0.39, 0.29) is 5.91 Å². The molecule has 2 rings (SSSR count). The van der Waals surface area contributed by atoms with Crippen LogP contribution in [0.25, 0.3) is 0 Å². The van der Waals surface area contributed by atoms with E-state index in [1.807, 2.05) is 0 Å². The molecule has 3 N–H and O–H groups in total. The van der Waals surface area contributed by atoms with E-state index < -0.39 is 0 Å². The standard InChI is InChI=1S/C13H15N3O3S/c1-18-8-3-4-9(11(5-8)19-2)16-13(17)10-7-20-12(6-14)15-10/h3-5,7H,6,14H2,1-2H3,(H,16,17). The smallest absolute Gasteiger partial charge is 0.275 e. The molecular weight excluding hydrogens is 278 g/mol. The lowest BCUT2D eigenvalue weighted by molar-refractivity contribution is 0.102. The van der Waals surface area contributed by atoms with Crippen LogP contribution in [0, 0.1) is 0 Å². The van der Waals surface area contributed by atoms with E-state index in [0.717, 1.165) is 5.01 Å². The first-order valence-electron chi connectivity index (χ1n) is 5.85. The van der Waals surface area contributed by atoms with Gasteiger partial charge < -0.3 is 20.5 Å². The van der Waals surface area contributed by atoms with Crippen LogP contribution < -0.4 is 20.5 Å². The molecule has 0 bridgehead atoms. The van der Waals surface area contributed by atoms with E-state index in [1.54, 1.807) is 30.7 Å². The second-order valence-corrected chi connectivity index (χ2v) is 4.79. The van der Waals surface area contributed by atoms with Gasteiger partial charge in [-0.05, 0) is 12.1 Å². The number of carbonyl (C=O) groups excluding carboxylic acids is 1. The highest BCUT2D eigenvalue weighted by Crippen LogP contribution is 2.29. The van der Waals surface area contributed by atoms with Crippen LogP contribution in [0.5, 0.6) is 11.5 Å². The number of anilines is 1. The van der Waals surface area contributed by atoms with E-state index in [1.165, 1.54) is 18.4 Å². The van der Waals surface area contributed by atoms with Crippen LogP contribution in [-0.2, 0) is 6.54 Å². The summed E-state index contributed by atoms with van der Waals surface area (Å²) in [5, 5.41) is 5.14. The summed E-state index contributed by atoms with van der Waals surface area (Å²) in [6.45, 7) is 0.323. The molecular formula is C13H15N3O3S. The topological polar surface area (TPSA) is 86.5 Å². The Hall–Kier alpha value is -2.12. The molecule has 6 nitrogen and oxygen atoms in total. The van der Waals surface area contributed by atoms with E-state index in [9.17, 15) is 4.79 Å². The Bertz CT molecular complexity index is 613. The van der Waals surface area contributed by atoms with Crippen molar-refractivity contribution in [1.29, 1.82) is 0 Å². The first kappa shape index (κ1) is 14.3. The number of hydrogen-bond acceptors (Lipinski definition) is 6. The molecule has 1 aromatic heterocycles. The molecule has 106 valence electrons. The molecule has 0 saturated carbocycles. The molecule has 0 unspecified atom stereocenters. The number of benzene rings is 1. The number of methoxy groups -OCH3 is 2. The summed E-state index contributed by atoms with van der Waals surface area (Å²) in [5.41, 5.74) is 6.37. The summed E-state index contributed by atoms with van der Waals surface area (Å²) in [6.07, 6.45) is 0. The normalized spacial score (nSPS) is 10.2. The van der Waals surface area contributed by atoms with Crippen molar-refractivity contribution in [3.63, 3.8) is 0 Å². The molecule has 0 radical (unpaired) electrons. The zero-order valence-electron chi connectivity index (χ0n) is 11.2. The summed E-state index contributed by atoms with van der Waals surface area (Å²) in [7, 11) is 3.09. The predicted octanol–water partition coefficient (Wildman–Crippen LogP) is 1.87. The maximum absolute atomic E-state index is 12.1. The predicted molar refractivity (Wildman–Crippen MR) is 77.5 cm³/mol. The zero-order valence-corrected chi connectivity index (χ0v) is 12.0. The van der Waals surface area contributed by atoms with E-state index in [0.29, 0.717) is 29.4 Å². The number of rotatable bonds is 5. The van der Waals surface area contributed by atoms with Crippen molar-refractivity contribution in [2.24, 2.45) is 5.73 Å². The largest absolute Gasteiger partial charge is 0.497 e. The van der Waals surface area contributed by atoms with Crippen LogP contribution in [0.15, 0.2) is 23.6 Å². The van der Waals surface area contributed by atoms with Gasteiger partial charge in [-0.3, -0.25) is 4.79 Å². The highest BCUT2D eigenvalue weighted by molar-refractivity contribution is 7.09. The fraction of sp³-hybridized carbons (Fsp3) is 0.231. The summed E-state index contributed by atoms with van der Waals surface area (Å²) in [4.78, 5) is 16.2. The second kappa shape index (κ2) is 6.36. The molecule has 7 heteroatoms. The fourth-order valence-corrected chi connectivity index (χ4v) is 2.25. The van der Waals surface area contributed by atoms with Crippen LogP contribution >= 0.6 is 11.3 Å². The highest BCUT2D eigenvalue weighted by Gasteiger charge is 2.13. The van der Waals surface area contributed by atoms with Crippen LogP contribution in [0.4, 0.5) is 5.69 Å². The van der Waals surface area contributed by atoms with Crippen molar-refractivity contribution < 1.29 is 14.3 Å². The Kier molecular flexibility index (Phi) is 4.54. The molecule has 0 saturated heterocycles. The Balaban J connectivity index is 2.18.